The van der Waals surface area contributed by atoms with E-state index in [1.807, 2.05) is 54.6 Å². The van der Waals surface area contributed by atoms with Gasteiger partial charge in [0.05, 0.1) is 12.0 Å². The highest BCUT2D eigenvalue weighted by molar-refractivity contribution is 5.93. The van der Waals surface area contributed by atoms with Gasteiger partial charge in [0.2, 0.25) is 0 Å². The number of rotatable bonds is 5. The molecule has 0 saturated carbocycles. The topological polar surface area (TPSA) is 73.0 Å². The van der Waals surface area contributed by atoms with Gasteiger partial charge in [-0.15, -0.1) is 0 Å². The molecule has 4 aromatic rings. The second-order valence-electron chi connectivity index (χ2n) is 6.11. The zero-order valence-electron chi connectivity index (χ0n) is 14.8. The number of aromatic nitrogens is 3. The van der Waals surface area contributed by atoms with Crippen molar-refractivity contribution in [3.05, 3.63) is 84.4 Å². The molecule has 134 valence electrons. The minimum absolute atomic E-state index is 0.177. The molecular formula is C21H18N4O2. The predicted molar refractivity (Wildman–Crippen MR) is 102 cm³/mol. The fourth-order valence-corrected chi connectivity index (χ4v) is 2.85. The number of pyridine rings is 1. The minimum atomic E-state index is -0.177. The van der Waals surface area contributed by atoms with E-state index in [2.05, 4.69) is 15.4 Å². The molecule has 0 spiro atoms. The Kier molecular flexibility index (Phi) is 4.53. The van der Waals surface area contributed by atoms with E-state index in [0.29, 0.717) is 18.0 Å². The van der Waals surface area contributed by atoms with Crippen molar-refractivity contribution in [1.29, 1.82) is 0 Å². The molecule has 0 atom stereocenters. The van der Waals surface area contributed by atoms with Crippen molar-refractivity contribution in [1.82, 2.24) is 20.1 Å². The van der Waals surface area contributed by atoms with Crippen LogP contribution in [0.1, 0.15) is 16.1 Å². The van der Waals surface area contributed by atoms with E-state index in [1.165, 1.54) is 0 Å². The van der Waals surface area contributed by atoms with E-state index < -0.39 is 0 Å². The summed E-state index contributed by atoms with van der Waals surface area (Å²) in [5.41, 5.74) is 3.93. The third-order valence-electron chi connectivity index (χ3n) is 4.23. The molecule has 0 aliphatic heterocycles. The van der Waals surface area contributed by atoms with Gasteiger partial charge in [-0.05, 0) is 35.9 Å². The molecule has 3 heterocycles. The van der Waals surface area contributed by atoms with Gasteiger partial charge < -0.3 is 9.73 Å². The lowest BCUT2D eigenvalue weighted by Crippen LogP contribution is -2.25. The van der Waals surface area contributed by atoms with Crippen LogP contribution in [-0.2, 0) is 13.6 Å². The monoisotopic (exact) mass is 358 g/mol. The van der Waals surface area contributed by atoms with Gasteiger partial charge in [0.15, 0.2) is 5.76 Å². The quantitative estimate of drug-likeness (QED) is 0.591. The molecular weight excluding hydrogens is 340 g/mol. The van der Waals surface area contributed by atoms with Gasteiger partial charge in [0.1, 0.15) is 11.4 Å². The first-order valence-corrected chi connectivity index (χ1v) is 8.57. The molecule has 1 amide bonds. The molecule has 0 unspecified atom stereocenters. The van der Waals surface area contributed by atoms with Crippen LogP contribution in [0.25, 0.3) is 22.7 Å². The third-order valence-corrected chi connectivity index (χ3v) is 4.23. The van der Waals surface area contributed by atoms with Gasteiger partial charge in [-0.1, -0.05) is 30.3 Å². The van der Waals surface area contributed by atoms with Crippen molar-refractivity contribution in [2.24, 2.45) is 7.05 Å². The zero-order chi connectivity index (χ0) is 18.6. The second-order valence-corrected chi connectivity index (χ2v) is 6.11. The maximum atomic E-state index is 12.6. The van der Waals surface area contributed by atoms with Gasteiger partial charge in [0.25, 0.3) is 5.91 Å². The van der Waals surface area contributed by atoms with Gasteiger partial charge in [0, 0.05) is 25.4 Å². The zero-order valence-corrected chi connectivity index (χ0v) is 14.8. The summed E-state index contributed by atoms with van der Waals surface area (Å²) in [6.07, 6.45) is 3.31. The summed E-state index contributed by atoms with van der Waals surface area (Å²) in [7, 11) is 1.77. The van der Waals surface area contributed by atoms with E-state index in [1.54, 1.807) is 30.3 Å². The Balaban J connectivity index is 1.47. The molecule has 0 radical (unpaired) electrons. The molecule has 0 fully saturated rings. The van der Waals surface area contributed by atoms with E-state index >= 15 is 0 Å². The van der Waals surface area contributed by atoms with Gasteiger partial charge in [-0.25, -0.2) is 0 Å². The SMILES string of the molecule is Cn1nc(-c2ccccc2)cc1C(=O)NCc1ccnc(-c2ccco2)c1. The van der Waals surface area contributed by atoms with Gasteiger partial charge in [-0.2, -0.15) is 5.10 Å². The molecule has 27 heavy (non-hydrogen) atoms. The number of furan rings is 1. The average molecular weight is 358 g/mol. The van der Waals surface area contributed by atoms with E-state index in [-0.39, 0.29) is 5.91 Å². The highest BCUT2D eigenvalue weighted by Crippen LogP contribution is 2.19. The molecule has 0 saturated heterocycles. The van der Waals surface area contributed by atoms with Crippen molar-refractivity contribution >= 4 is 5.91 Å². The molecule has 0 aliphatic carbocycles. The van der Waals surface area contributed by atoms with Crippen molar-refractivity contribution in [3.63, 3.8) is 0 Å². The highest BCUT2D eigenvalue weighted by Gasteiger charge is 2.14. The van der Waals surface area contributed by atoms with Crippen LogP contribution >= 0.6 is 0 Å². The number of hydrogen-bond donors (Lipinski definition) is 1. The van der Waals surface area contributed by atoms with Crippen LogP contribution < -0.4 is 5.32 Å². The van der Waals surface area contributed by atoms with E-state index in [9.17, 15) is 4.79 Å². The van der Waals surface area contributed by atoms with Crippen LogP contribution in [0.4, 0.5) is 0 Å². The number of nitrogens with zero attached hydrogens (tertiary/aromatic N) is 3. The number of nitrogens with one attached hydrogen (secondary N) is 1. The van der Waals surface area contributed by atoms with Crippen LogP contribution in [0.3, 0.4) is 0 Å². The Hall–Kier alpha value is -3.67. The number of carbonyl (C=O) groups excluding carboxylic acids is 1. The molecule has 6 nitrogen and oxygen atoms in total. The van der Waals surface area contributed by atoms with E-state index in [0.717, 1.165) is 22.5 Å². The smallest absolute Gasteiger partial charge is 0.269 e. The third kappa shape index (κ3) is 3.64. The summed E-state index contributed by atoms with van der Waals surface area (Å²) in [6.45, 7) is 0.390. The molecule has 3 aromatic heterocycles. The summed E-state index contributed by atoms with van der Waals surface area (Å²) in [4.78, 5) is 16.9. The largest absolute Gasteiger partial charge is 0.463 e. The summed E-state index contributed by atoms with van der Waals surface area (Å²) in [6, 6.07) is 19.0. The number of amides is 1. The Morgan fingerprint density at radius 2 is 1.93 bits per heavy atom. The lowest BCUT2D eigenvalue weighted by molar-refractivity contribution is 0.0941. The fourth-order valence-electron chi connectivity index (χ4n) is 2.85. The first kappa shape index (κ1) is 16.8. The van der Waals surface area contributed by atoms with Gasteiger partial charge >= 0.3 is 0 Å². The fraction of sp³-hybridized carbons (Fsp3) is 0.0952. The van der Waals surface area contributed by atoms with Crippen LogP contribution in [-0.4, -0.2) is 20.7 Å². The van der Waals surface area contributed by atoms with Crippen molar-refractivity contribution in [2.75, 3.05) is 0 Å². The molecule has 1 N–H and O–H groups in total. The van der Waals surface area contributed by atoms with Crippen molar-refractivity contribution < 1.29 is 9.21 Å². The first-order chi connectivity index (χ1) is 13.2. The Morgan fingerprint density at radius 1 is 1.07 bits per heavy atom. The molecule has 6 heteroatoms. The number of carbonyl (C=O) groups is 1. The van der Waals surface area contributed by atoms with Crippen LogP contribution in [0.2, 0.25) is 0 Å². The average Bonchev–Trinajstić information content (AvgIpc) is 3.37. The van der Waals surface area contributed by atoms with E-state index in [4.69, 9.17) is 4.42 Å². The first-order valence-electron chi connectivity index (χ1n) is 8.57. The molecule has 0 bridgehead atoms. The molecule has 4 rings (SSSR count). The second kappa shape index (κ2) is 7.29. The number of hydrogen-bond acceptors (Lipinski definition) is 4. The summed E-state index contributed by atoms with van der Waals surface area (Å²) in [5.74, 6) is 0.519. The molecule has 1 aromatic carbocycles. The maximum absolute atomic E-state index is 12.6. The summed E-state index contributed by atoms with van der Waals surface area (Å²) in [5, 5.41) is 7.37. The number of aryl methyl sites for hydroxylation is 1. The Labute approximate surface area is 156 Å². The predicted octanol–water partition coefficient (Wildman–Crippen LogP) is 3.67. The van der Waals surface area contributed by atoms with Crippen molar-refractivity contribution in [3.8, 4) is 22.7 Å². The maximum Gasteiger partial charge on any atom is 0.269 e. The standard InChI is InChI=1S/C21H18N4O2/c1-25-19(13-17(24-25)16-6-3-2-4-7-16)21(26)23-14-15-9-10-22-18(12-15)20-8-5-11-27-20/h2-13H,14H2,1H3,(H,23,26). The highest BCUT2D eigenvalue weighted by atomic mass is 16.3. The van der Waals surface area contributed by atoms with Gasteiger partial charge in [-0.3, -0.25) is 14.5 Å². The minimum Gasteiger partial charge on any atom is -0.463 e. The number of benzene rings is 1. The van der Waals surface area contributed by atoms with Crippen LogP contribution in [0.5, 0.6) is 0 Å². The van der Waals surface area contributed by atoms with Crippen molar-refractivity contribution in [2.45, 2.75) is 6.54 Å². The lowest BCUT2D eigenvalue weighted by Gasteiger charge is -2.06. The lowest BCUT2D eigenvalue weighted by atomic mass is 10.1. The van der Waals surface area contributed by atoms with Crippen LogP contribution in [0, 0.1) is 0 Å². The molecule has 0 aliphatic rings. The normalized spacial score (nSPS) is 10.7. The summed E-state index contributed by atoms with van der Waals surface area (Å²) >= 11 is 0. The Bertz CT molecular complexity index is 1050. The Morgan fingerprint density at radius 3 is 2.70 bits per heavy atom. The van der Waals surface area contributed by atoms with Crippen LogP contribution in [0.15, 0.2) is 77.5 Å². The summed E-state index contributed by atoms with van der Waals surface area (Å²) < 4.78 is 6.96.